The first kappa shape index (κ1) is 26.4. The summed E-state index contributed by atoms with van der Waals surface area (Å²) in [7, 11) is 9.52. The summed E-state index contributed by atoms with van der Waals surface area (Å²) in [5.41, 5.74) is 4.89. The summed E-state index contributed by atoms with van der Waals surface area (Å²) in [5.74, 6) is 0.912. The average molecular weight is 540 g/mol. The number of anilines is 4. The third-order valence-corrected chi connectivity index (χ3v) is 7.66. The molecule has 1 aliphatic rings. The summed E-state index contributed by atoms with van der Waals surface area (Å²) >= 11 is 0. The second-order valence-electron chi connectivity index (χ2n) is 9.84. The Morgan fingerprint density at radius 1 is 1.15 bits per heavy atom. The molecule has 1 amide bonds. The van der Waals surface area contributed by atoms with Gasteiger partial charge < -0.3 is 25.2 Å². The van der Waals surface area contributed by atoms with Crippen LogP contribution in [0.3, 0.4) is 0 Å². The summed E-state index contributed by atoms with van der Waals surface area (Å²) in [6, 6.07) is 11.8. The van der Waals surface area contributed by atoms with Gasteiger partial charge in [-0.1, -0.05) is 18.7 Å². The number of likely N-dealkylation sites (N-methyl/N-ethyl adjacent to an activating group) is 1. The third-order valence-electron chi connectivity index (χ3n) is 7.12. The lowest BCUT2D eigenvalue weighted by Gasteiger charge is -2.46. The molecule has 11 heteroatoms. The predicted molar refractivity (Wildman–Crippen MR) is 156 cm³/mol. The Morgan fingerprint density at radius 3 is 2.72 bits per heavy atom. The fraction of sp³-hybridized carbons (Fsp3) is 0.286. The molecule has 0 saturated carbocycles. The van der Waals surface area contributed by atoms with E-state index in [0.29, 0.717) is 29.5 Å². The number of aryl methyl sites for hydroxylation is 1. The van der Waals surface area contributed by atoms with Gasteiger partial charge in [0.1, 0.15) is 17.9 Å². The van der Waals surface area contributed by atoms with Crippen molar-refractivity contribution in [1.29, 1.82) is 0 Å². The molecule has 10 nitrogen and oxygen atoms in total. The smallest absolute Gasteiger partial charge is 0.247 e. The second-order valence-corrected chi connectivity index (χ2v) is 10.9. The van der Waals surface area contributed by atoms with Crippen LogP contribution in [0.2, 0.25) is 0 Å². The monoisotopic (exact) mass is 539 g/mol. The van der Waals surface area contributed by atoms with Crippen molar-refractivity contribution in [2.24, 2.45) is 7.05 Å². The van der Waals surface area contributed by atoms with Crippen LogP contribution < -0.4 is 20.3 Å². The fourth-order valence-electron chi connectivity index (χ4n) is 4.70. The maximum atomic E-state index is 12.4. The molecule has 0 bridgehead atoms. The predicted octanol–water partition coefficient (Wildman–Crippen LogP) is 3.54. The minimum Gasteiger partial charge on any atom is -0.494 e. The summed E-state index contributed by atoms with van der Waals surface area (Å²) in [6.07, 6.45) is 4.62. The van der Waals surface area contributed by atoms with Crippen molar-refractivity contribution in [3.8, 4) is 17.0 Å². The van der Waals surface area contributed by atoms with Gasteiger partial charge in [0.2, 0.25) is 5.91 Å². The molecule has 3 heterocycles. The van der Waals surface area contributed by atoms with Crippen LogP contribution in [0.15, 0.2) is 61.6 Å². The van der Waals surface area contributed by atoms with Gasteiger partial charge in [-0.3, -0.25) is 9.48 Å². The zero-order valence-electron chi connectivity index (χ0n) is 22.5. The maximum Gasteiger partial charge on any atom is 0.247 e. The lowest BCUT2D eigenvalue weighted by atomic mass is 10.1. The van der Waals surface area contributed by atoms with E-state index in [1.54, 1.807) is 7.11 Å². The number of hydrogen-bond donors (Lipinski definition) is 2. The van der Waals surface area contributed by atoms with Crippen molar-refractivity contribution < 1.29 is 9.53 Å². The molecule has 1 atom stereocenters. The molecule has 1 saturated heterocycles. The Kier molecular flexibility index (Phi) is 7.11. The molecule has 3 radical (unpaired) electrons. The van der Waals surface area contributed by atoms with E-state index in [1.165, 1.54) is 12.4 Å². The molecule has 1 fully saturated rings. The Hall–Kier alpha value is -4.22. The van der Waals surface area contributed by atoms with Crippen molar-refractivity contribution in [2.75, 3.05) is 49.3 Å². The number of carbonyl (C=O) groups excluding carboxylic acids is 1. The molecule has 0 spiro atoms. The number of hydrogen-bond acceptors (Lipinski definition) is 8. The van der Waals surface area contributed by atoms with Crippen molar-refractivity contribution in [3.05, 3.63) is 61.6 Å². The van der Waals surface area contributed by atoms with Crippen LogP contribution in [0, 0.1) is 0 Å². The normalized spacial score (nSPS) is 17.7. The van der Waals surface area contributed by atoms with Crippen LogP contribution in [0.5, 0.6) is 5.75 Å². The Bertz CT molecular complexity index is 1550. The third kappa shape index (κ3) is 5.36. The molecule has 1 aliphatic heterocycles. The van der Waals surface area contributed by atoms with Gasteiger partial charge >= 0.3 is 0 Å². The van der Waals surface area contributed by atoms with Crippen LogP contribution in [-0.4, -0.2) is 79.8 Å². The molecular weight excluding hydrogens is 508 g/mol. The number of aromatic nitrogens is 4. The van der Waals surface area contributed by atoms with Crippen molar-refractivity contribution in [1.82, 2.24) is 24.6 Å². The molecule has 39 heavy (non-hydrogen) atoms. The molecule has 0 unspecified atom stereocenters. The van der Waals surface area contributed by atoms with Crippen molar-refractivity contribution in [3.63, 3.8) is 0 Å². The lowest BCUT2D eigenvalue weighted by molar-refractivity contribution is -0.111. The molecule has 5 rings (SSSR count). The van der Waals surface area contributed by atoms with Gasteiger partial charge in [0.05, 0.1) is 51.8 Å². The van der Waals surface area contributed by atoms with E-state index in [9.17, 15) is 4.79 Å². The summed E-state index contributed by atoms with van der Waals surface area (Å²) in [6.45, 7) is 8.10. The molecule has 2 aromatic heterocycles. The van der Waals surface area contributed by atoms with E-state index in [-0.39, 0.29) is 11.1 Å². The zero-order valence-corrected chi connectivity index (χ0v) is 23.5. The van der Waals surface area contributed by atoms with Crippen LogP contribution in [0.25, 0.3) is 22.2 Å². The van der Waals surface area contributed by atoms with E-state index in [2.05, 4.69) is 72.4 Å². The minimum absolute atomic E-state index is 0.224. The fourth-order valence-corrected chi connectivity index (χ4v) is 5.00. The van der Waals surface area contributed by atoms with Gasteiger partial charge in [-0.15, -0.1) is 0 Å². The molecule has 2 N–H and O–H groups in total. The minimum atomic E-state index is -0.294. The van der Waals surface area contributed by atoms with Gasteiger partial charge in [-0.2, -0.15) is 5.10 Å². The Labute approximate surface area is 231 Å². The number of fused-ring (bicyclic) bond motifs is 1. The quantitative estimate of drug-likeness (QED) is 0.272. The van der Waals surface area contributed by atoms with E-state index in [0.717, 1.165) is 40.9 Å². The van der Waals surface area contributed by atoms with E-state index < -0.39 is 0 Å². The number of methoxy groups -OCH3 is 1. The number of nitrogens with one attached hydrogen (secondary N) is 2. The zero-order chi connectivity index (χ0) is 27.7. The molecule has 0 aliphatic carbocycles. The first-order valence-electron chi connectivity index (χ1n) is 12.6. The van der Waals surface area contributed by atoms with E-state index in [1.807, 2.05) is 48.3 Å². The topological polar surface area (TPSA) is 100 Å². The summed E-state index contributed by atoms with van der Waals surface area (Å²) < 4.78 is 7.61. The van der Waals surface area contributed by atoms with Crippen LogP contribution in [0.4, 0.5) is 22.9 Å². The number of amides is 1. The number of rotatable bonds is 7. The Balaban J connectivity index is 1.50. The number of carbonyl (C=O) groups is 1. The molecule has 4 aromatic rings. The van der Waals surface area contributed by atoms with Crippen molar-refractivity contribution >= 4 is 49.9 Å². The molecular formula is C28H31N8O2Si. The highest BCUT2D eigenvalue weighted by atomic mass is 28.1. The number of ether oxygens (including phenoxy) is 1. The van der Waals surface area contributed by atoms with E-state index >= 15 is 0 Å². The number of nitrogens with zero attached hydrogens (tertiary/aromatic N) is 6. The number of piperazine rings is 1. The SMILES string of the molecule is C=CC(=O)Nc1cc(Nc2cc(-c3ccc4cnn(C)c4c3)ncn2)c(OC)cc1N1CCN(C)[C@@](C)([Si])C1. The highest BCUT2D eigenvalue weighted by molar-refractivity contribution is 6.15. The average Bonchev–Trinajstić information content (AvgIpc) is 3.30. The Morgan fingerprint density at radius 2 is 1.97 bits per heavy atom. The van der Waals surface area contributed by atoms with Gasteiger partial charge in [0, 0.05) is 54.9 Å². The first-order valence-corrected chi connectivity index (χ1v) is 13.1. The van der Waals surface area contributed by atoms with Crippen LogP contribution >= 0.6 is 0 Å². The van der Waals surface area contributed by atoms with Gasteiger partial charge in [-0.25, -0.2) is 9.97 Å². The number of benzene rings is 2. The van der Waals surface area contributed by atoms with Gasteiger partial charge in [0.15, 0.2) is 0 Å². The first-order chi connectivity index (χ1) is 18.7. The maximum absolute atomic E-state index is 12.4. The van der Waals surface area contributed by atoms with Gasteiger partial charge in [-0.05, 0) is 32.2 Å². The highest BCUT2D eigenvalue weighted by Crippen LogP contribution is 2.40. The second kappa shape index (κ2) is 10.5. The molecule has 199 valence electrons. The standard InChI is InChI=1S/C28H31N8O2Si/c1-6-27(37)33-21-12-22(25(38-5)14-24(21)36-10-9-34(3)28(2,39)16-36)32-26-13-20(29-17-30-26)18-7-8-19-15-31-35(4)23(19)11-18/h6-8,11-15,17H,1,9-10,16H2,2-5H3,(H,33,37)(H,29,30,32)/t28-/m0/s1. The molecule has 2 aromatic carbocycles. The van der Waals surface area contributed by atoms with E-state index in [4.69, 9.17) is 4.74 Å². The van der Waals surface area contributed by atoms with Crippen LogP contribution in [0.1, 0.15) is 6.92 Å². The summed E-state index contributed by atoms with van der Waals surface area (Å²) in [4.78, 5) is 25.8. The van der Waals surface area contributed by atoms with Crippen LogP contribution in [-0.2, 0) is 11.8 Å². The largest absolute Gasteiger partial charge is 0.494 e. The highest BCUT2D eigenvalue weighted by Gasteiger charge is 2.32. The summed E-state index contributed by atoms with van der Waals surface area (Å²) in [5, 5.41) is 11.5. The lowest BCUT2D eigenvalue weighted by Crippen LogP contribution is -2.60. The van der Waals surface area contributed by atoms with Crippen molar-refractivity contribution in [2.45, 2.75) is 12.1 Å². The van der Waals surface area contributed by atoms with Gasteiger partial charge in [0.25, 0.3) is 0 Å².